The molecule has 0 unspecified atom stereocenters. The average Bonchev–Trinajstić information content (AvgIpc) is 2.76. The van der Waals surface area contributed by atoms with Gasteiger partial charge in [-0.05, 0) is 18.4 Å². The van der Waals surface area contributed by atoms with Crippen molar-refractivity contribution in [2.45, 2.75) is 45.9 Å². The van der Waals surface area contributed by atoms with Crippen LogP contribution >= 0.6 is 0 Å². The van der Waals surface area contributed by atoms with Gasteiger partial charge >= 0.3 is 12.1 Å². The van der Waals surface area contributed by atoms with Crippen LogP contribution in [0.2, 0.25) is 0 Å². The fourth-order valence-electron chi connectivity index (χ4n) is 2.95. The third-order valence-electron chi connectivity index (χ3n) is 4.96. The van der Waals surface area contributed by atoms with E-state index in [1.165, 1.54) is 31.0 Å². The maximum absolute atomic E-state index is 13.1. The highest BCUT2D eigenvalue weighted by Gasteiger charge is 2.35. The Hall–Kier alpha value is -3.10. The summed E-state index contributed by atoms with van der Waals surface area (Å²) in [5.41, 5.74) is 0.839. The normalized spacial score (nSPS) is 12.5. The molecule has 2 atom stereocenters. The zero-order chi connectivity index (χ0) is 23.6. The van der Waals surface area contributed by atoms with Crippen LogP contribution in [0.3, 0.4) is 0 Å². The Labute approximate surface area is 183 Å². The number of amides is 3. The van der Waals surface area contributed by atoms with Gasteiger partial charge in [-0.3, -0.25) is 19.3 Å². The highest BCUT2D eigenvalue weighted by Crippen LogP contribution is 2.16. The number of esters is 1. The number of ether oxygens (including phenoxy) is 2. The first-order chi connectivity index (χ1) is 14.6. The minimum Gasteiger partial charge on any atom is -0.469 e. The summed E-state index contributed by atoms with van der Waals surface area (Å²) in [5.74, 6) is -1.44. The number of carbonyl (C=O) groups is 4. The van der Waals surface area contributed by atoms with E-state index in [1.54, 1.807) is 6.92 Å². The number of hydrogen-bond donors (Lipinski definition) is 1. The summed E-state index contributed by atoms with van der Waals surface area (Å²) in [6, 6.07) is 7.64. The van der Waals surface area contributed by atoms with E-state index < -0.39 is 30.1 Å². The topological polar surface area (TPSA) is 105 Å². The molecule has 3 amide bonds. The average molecular weight is 436 g/mol. The first kappa shape index (κ1) is 25.9. The zero-order valence-corrected chi connectivity index (χ0v) is 19.1. The van der Waals surface area contributed by atoms with Gasteiger partial charge < -0.3 is 19.7 Å². The number of methoxy groups -OCH3 is 1. The molecule has 1 N–H and O–H groups in total. The summed E-state index contributed by atoms with van der Waals surface area (Å²) in [6.45, 7) is 5.42. The van der Waals surface area contributed by atoms with Crippen molar-refractivity contribution >= 4 is 23.9 Å². The summed E-state index contributed by atoms with van der Waals surface area (Å²) in [5, 5.41) is 2.60. The Kier molecular flexibility index (Phi) is 10.5. The molecular formula is C22H33N3O6. The Morgan fingerprint density at radius 1 is 1.00 bits per heavy atom. The highest BCUT2D eigenvalue weighted by atomic mass is 16.6. The van der Waals surface area contributed by atoms with Crippen molar-refractivity contribution in [3.05, 3.63) is 35.9 Å². The molecule has 9 heteroatoms. The monoisotopic (exact) mass is 435 g/mol. The van der Waals surface area contributed by atoms with E-state index in [0.29, 0.717) is 0 Å². The van der Waals surface area contributed by atoms with Crippen molar-refractivity contribution in [1.29, 1.82) is 0 Å². The summed E-state index contributed by atoms with van der Waals surface area (Å²) < 4.78 is 9.87. The third kappa shape index (κ3) is 7.92. The van der Waals surface area contributed by atoms with Crippen molar-refractivity contribution in [3.8, 4) is 0 Å². The predicted octanol–water partition coefficient (Wildman–Crippen LogP) is 1.81. The minimum atomic E-state index is -0.807. The van der Waals surface area contributed by atoms with Gasteiger partial charge in [0.2, 0.25) is 11.8 Å². The summed E-state index contributed by atoms with van der Waals surface area (Å²) in [7, 11) is 4.28. The Balaban J connectivity index is 2.73. The van der Waals surface area contributed by atoms with E-state index in [-0.39, 0.29) is 31.4 Å². The van der Waals surface area contributed by atoms with E-state index >= 15 is 0 Å². The number of benzene rings is 1. The number of hydrogen-bond acceptors (Lipinski definition) is 6. The SMILES string of the molecule is COC(=O)CCNC(=O)[C@H](C)N(C)C(=O)[C@H](C(C)C)N(C)C(=O)OCc1ccccc1. The quantitative estimate of drug-likeness (QED) is 0.562. The molecule has 0 radical (unpaired) electrons. The molecule has 0 fully saturated rings. The van der Waals surface area contributed by atoms with Crippen LogP contribution in [0, 0.1) is 5.92 Å². The fraction of sp³-hybridized carbons (Fsp3) is 0.545. The van der Waals surface area contributed by atoms with Crippen molar-refractivity contribution in [3.63, 3.8) is 0 Å². The van der Waals surface area contributed by atoms with Crippen molar-refractivity contribution in [2.75, 3.05) is 27.7 Å². The lowest BCUT2D eigenvalue weighted by Gasteiger charge is -2.34. The van der Waals surface area contributed by atoms with E-state index in [0.717, 1.165) is 5.56 Å². The smallest absolute Gasteiger partial charge is 0.410 e. The Bertz CT molecular complexity index is 753. The molecule has 0 saturated carbocycles. The van der Waals surface area contributed by atoms with Crippen LogP contribution < -0.4 is 5.32 Å². The number of rotatable bonds is 10. The summed E-state index contributed by atoms with van der Waals surface area (Å²) >= 11 is 0. The molecule has 1 aromatic carbocycles. The number of carbonyl (C=O) groups excluding carboxylic acids is 4. The first-order valence-electron chi connectivity index (χ1n) is 10.1. The predicted molar refractivity (Wildman–Crippen MR) is 115 cm³/mol. The van der Waals surface area contributed by atoms with Gasteiger partial charge in [0.25, 0.3) is 0 Å². The lowest BCUT2D eigenvalue weighted by atomic mass is 10.0. The van der Waals surface area contributed by atoms with E-state index in [9.17, 15) is 19.2 Å². The molecule has 31 heavy (non-hydrogen) atoms. The van der Waals surface area contributed by atoms with E-state index in [1.807, 2.05) is 44.2 Å². The molecular weight excluding hydrogens is 402 g/mol. The van der Waals surface area contributed by atoms with Crippen LogP contribution in [0.4, 0.5) is 4.79 Å². The molecule has 0 aliphatic rings. The van der Waals surface area contributed by atoms with Gasteiger partial charge in [0, 0.05) is 20.6 Å². The van der Waals surface area contributed by atoms with Crippen molar-refractivity contribution in [1.82, 2.24) is 15.1 Å². The molecule has 0 heterocycles. The van der Waals surface area contributed by atoms with Crippen LogP contribution in [0.5, 0.6) is 0 Å². The molecule has 1 aromatic rings. The van der Waals surface area contributed by atoms with Crippen LogP contribution in [-0.4, -0.2) is 73.5 Å². The second-order valence-corrected chi connectivity index (χ2v) is 7.58. The van der Waals surface area contributed by atoms with Crippen molar-refractivity contribution in [2.24, 2.45) is 5.92 Å². The van der Waals surface area contributed by atoms with E-state index in [2.05, 4.69) is 10.1 Å². The fourth-order valence-corrected chi connectivity index (χ4v) is 2.95. The van der Waals surface area contributed by atoms with Crippen LogP contribution in [0.25, 0.3) is 0 Å². The van der Waals surface area contributed by atoms with Gasteiger partial charge in [0.15, 0.2) is 0 Å². The summed E-state index contributed by atoms with van der Waals surface area (Å²) in [6.07, 6.45) is -0.587. The van der Waals surface area contributed by atoms with Crippen LogP contribution in [0.1, 0.15) is 32.8 Å². The molecule has 172 valence electrons. The van der Waals surface area contributed by atoms with Crippen LogP contribution in [0.15, 0.2) is 30.3 Å². The van der Waals surface area contributed by atoms with Gasteiger partial charge in [0.1, 0.15) is 18.7 Å². The van der Waals surface area contributed by atoms with Crippen LogP contribution in [-0.2, 0) is 30.5 Å². The van der Waals surface area contributed by atoms with E-state index in [4.69, 9.17) is 4.74 Å². The lowest BCUT2D eigenvalue weighted by molar-refractivity contribution is -0.143. The highest BCUT2D eigenvalue weighted by molar-refractivity contribution is 5.91. The van der Waals surface area contributed by atoms with Crippen molar-refractivity contribution < 1.29 is 28.7 Å². The van der Waals surface area contributed by atoms with Gasteiger partial charge in [-0.25, -0.2) is 4.79 Å². The first-order valence-corrected chi connectivity index (χ1v) is 10.1. The number of nitrogens with one attached hydrogen (secondary N) is 1. The standard InChI is InChI=1S/C22H33N3O6/c1-15(2)19(25(5)22(29)31-14-17-10-8-7-9-11-17)21(28)24(4)16(3)20(27)23-13-12-18(26)30-6/h7-11,15-16,19H,12-14H2,1-6H3,(H,23,27)/t16-,19-/m0/s1. The molecule has 0 aromatic heterocycles. The maximum Gasteiger partial charge on any atom is 0.410 e. The second kappa shape index (κ2) is 12.6. The third-order valence-corrected chi connectivity index (χ3v) is 4.96. The second-order valence-electron chi connectivity index (χ2n) is 7.58. The van der Waals surface area contributed by atoms with Gasteiger partial charge in [-0.1, -0.05) is 44.2 Å². The molecule has 0 spiro atoms. The molecule has 0 aliphatic heterocycles. The number of nitrogens with zero attached hydrogens (tertiary/aromatic N) is 2. The van der Waals surface area contributed by atoms with Gasteiger partial charge in [-0.15, -0.1) is 0 Å². The number of likely N-dealkylation sites (N-methyl/N-ethyl adjacent to an activating group) is 2. The van der Waals surface area contributed by atoms with Gasteiger partial charge in [0.05, 0.1) is 13.5 Å². The van der Waals surface area contributed by atoms with Gasteiger partial charge in [-0.2, -0.15) is 0 Å². The Morgan fingerprint density at radius 2 is 1.61 bits per heavy atom. The molecule has 0 bridgehead atoms. The Morgan fingerprint density at radius 3 is 2.16 bits per heavy atom. The zero-order valence-electron chi connectivity index (χ0n) is 19.1. The molecule has 0 aliphatic carbocycles. The largest absolute Gasteiger partial charge is 0.469 e. The summed E-state index contributed by atoms with van der Waals surface area (Å²) in [4.78, 5) is 51.7. The molecule has 0 saturated heterocycles. The molecule has 1 rings (SSSR count). The minimum absolute atomic E-state index is 0.0389. The molecule has 9 nitrogen and oxygen atoms in total. The maximum atomic E-state index is 13.1. The lowest BCUT2D eigenvalue weighted by Crippen LogP contribution is -2.55.